The number of carbonyl (C=O) groups is 1. The Morgan fingerprint density at radius 3 is 2.42 bits per heavy atom. The Kier molecular flexibility index (Phi) is 4.75. The van der Waals surface area contributed by atoms with Crippen molar-refractivity contribution in [3.63, 3.8) is 0 Å². The maximum absolute atomic E-state index is 12.1. The highest BCUT2D eigenvalue weighted by atomic mass is 35.5. The highest BCUT2D eigenvalue weighted by Gasteiger charge is 2.11. The predicted octanol–water partition coefficient (Wildman–Crippen LogP) is 4.97. The number of carbonyl (C=O) groups excluding carboxylic acids is 1. The van der Waals surface area contributed by atoms with E-state index in [0.29, 0.717) is 15.6 Å². The van der Waals surface area contributed by atoms with Crippen molar-refractivity contribution in [2.24, 2.45) is 0 Å². The van der Waals surface area contributed by atoms with Crippen molar-refractivity contribution in [2.45, 2.75) is 4.90 Å². The average molecular weight is 312 g/mol. The van der Waals surface area contributed by atoms with Gasteiger partial charge in [-0.1, -0.05) is 23.2 Å². The van der Waals surface area contributed by atoms with Crippen LogP contribution in [0.15, 0.2) is 47.4 Å². The van der Waals surface area contributed by atoms with Gasteiger partial charge in [-0.25, -0.2) is 0 Å². The van der Waals surface area contributed by atoms with Gasteiger partial charge in [-0.3, -0.25) is 4.79 Å². The maximum Gasteiger partial charge on any atom is 0.257 e. The Bertz CT molecular complexity index is 599. The lowest BCUT2D eigenvalue weighted by atomic mass is 10.2. The molecule has 0 aliphatic heterocycles. The molecule has 0 unspecified atom stereocenters. The molecule has 0 saturated carbocycles. The first-order valence-corrected chi connectivity index (χ1v) is 7.48. The third-order valence-electron chi connectivity index (χ3n) is 2.52. The first-order chi connectivity index (χ1) is 9.10. The molecule has 0 bridgehead atoms. The van der Waals surface area contributed by atoms with Gasteiger partial charge in [0.05, 0.1) is 10.6 Å². The van der Waals surface area contributed by atoms with Crippen molar-refractivity contribution >= 4 is 46.6 Å². The molecule has 1 N–H and O–H groups in total. The van der Waals surface area contributed by atoms with Crippen LogP contribution < -0.4 is 5.32 Å². The van der Waals surface area contributed by atoms with Crippen LogP contribution in [0.1, 0.15) is 10.4 Å². The maximum atomic E-state index is 12.1. The van der Waals surface area contributed by atoms with E-state index in [2.05, 4.69) is 5.32 Å². The monoisotopic (exact) mass is 311 g/mol. The summed E-state index contributed by atoms with van der Waals surface area (Å²) in [6.45, 7) is 0. The van der Waals surface area contributed by atoms with Crippen LogP contribution >= 0.6 is 35.0 Å². The number of hydrogen-bond donors (Lipinski definition) is 1. The molecule has 19 heavy (non-hydrogen) atoms. The summed E-state index contributed by atoms with van der Waals surface area (Å²) in [4.78, 5) is 13.2. The van der Waals surface area contributed by atoms with Gasteiger partial charge in [0, 0.05) is 15.6 Å². The lowest BCUT2D eigenvalue weighted by Crippen LogP contribution is -2.12. The van der Waals surface area contributed by atoms with Gasteiger partial charge >= 0.3 is 0 Å². The van der Waals surface area contributed by atoms with Gasteiger partial charge in [-0.05, 0) is 48.7 Å². The summed E-state index contributed by atoms with van der Waals surface area (Å²) >= 11 is 13.5. The number of nitrogens with one attached hydrogen (secondary N) is 1. The summed E-state index contributed by atoms with van der Waals surface area (Å²) in [6, 6.07) is 12.4. The van der Waals surface area contributed by atoms with E-state index in [9.17, 15) is 4.79 Å². The fraction of sp³-hybridized carbons (Fsp3) is 0.0714. The van der Waals surface area contributed by atoms with Crippen LogP contribution in [0.4, 0.5) is 5.69 Å². The molecule has 2 nitrogen and oxygen atoms in total. The second-order valence-electron chi connectivity index (χ2n) is 3.81. The van der Waals surface area contributed by atoms with Crippen LogP contribution in [0.5, 0.6) is 0 Å². The Balaban J connectivity index is 2.18. The number of amides is 1. The van der Waals surface area contributed by atoms with Crippen LogP contribution in [-0.4, -0.2) is 12.2 Å². The summed E-state index contributed by atoms with van der Waals surface area (Å²) in [5.74, 6) is -0.274. The van der Waals surface area contributed by atoms with Gasteiger partial charge in [-0.2, -0.15) is 0 Å². The number of anilines is 1. The van der Waals surface area contributed by atoms with Gasteiger partial charge in [0.1, 0.15) is 0 Å². The van der Waals surface area contributed by atoms with E-state index >= 15 is 0 Å². The largest absolute Gasteiger partial charge is 0.322 e. The van der Waals surface area contributed by atoms with Gasteiger partial charge in [-0.15, -0.1) is 11.8 Å². The van der Waals surface area contributed by atoms with E-state index in [1.54, 1.807) is 30.0 Å². The zero-order valence-corrected chi connectivity index (χ0v) is 12.4. The lowest BCUT2D eigenvalue weighted by Gasteiger charge is -2.07. The molecule has 0 fully saturated rings. The Hall–Kier alpha value is -1.16. The highest BCUT2D eigenvalue weighted by molar-refractivity contribution is 7.98. The van der Waals surface area contributed by atoms with Crippen LogP contribution in [-0.2, 0) is 0 Å². The minimum Gasteiger partial charge on any atom is -0.322 e. The molecule has 0 spiro atoms. The number of hydrogen-bond acceptors (Lipinski definition) is 2. The molecular weight excluding hydrogens is 301 g/mol. The molecule has 1 amide bonds. The standard InChI is InChI=1S/C14H11Cl2NOS/c1-19-11-5-3-10(4-6-11)17-14(18)12-8-9(15)2-7-13(12)16/h2-8H,1H3,(H,17,18). The van der Waals surface area contributed by atoms with Gasteiger partial charge in [0.15, 0.2) is 0 Å². The molecule has 2 aromatic rings. The van der Waals surface area contributed by atoms with Crippen LogP contribution in [0, 0.1) is 0 Å². The molecule has 0 saturated heterocycles. The van der Waals surface area contributed by atoms with E-state index in [4.69, 9.17) is 23.2 Å². The Labute approximate surface area is 126 Å². The Morgan fingerprint density at radius 2 is 1.79 bits per heavy atom. The average Bonchev–Trinajstić information content (AvgIpc) is 2.42. The van der Waals surface area contributed by atoms with Crippen molar-refractivity contribution in [3.8, 4) is 0 Å². The third-order valence-corrected chi connectivity index (χ3v) is 3.83. The molecule has 0 aliphatic carbocycles. The van der Waals surface area contributed by atoms with E-state index in [-0.39, 0.29) is 5.91 Å². The smallest absolute Gasteiger partial charge is 0.257 e. The zero-order valence-electron chi connectivity index (χ0n) is 10.1. The minimum absolute atomic E-state index is 0.274. The SMILES string of the molecule is CSc1ccc(NC(=O)c2cc(Cl)ccc2Cl)cc1. The normalized spacial score (nSPS) is 10.3. The Morgan fingerprint density at radius 1 is 1.11 bits per heavy atom. The molecular formula is C14H11Cl2NOS. The summed E-state index contributed by atoms with van der Waals surface area (Å²) in [6.07, 6.45) is 2.00. The van der Waals surface area contributed by atoms with Gasteiger partial charge in [0.25, 0.3) is 5.91 Å². The van der Waals surface area contributed by atoms with Gasteiger partial charge in [0.2, 0.25) is 0 Å². The second kappa shape index (κ2) is 6.33. The highest BCUT2D eigenvalue weighted by Crippen LogP contribution is 2.22. The van der Waals surface area contributed by atoms with Crippen LogP contribution in [0.2, 0.25) is 10.0 Å². The summed E-state index contributed by atoms with van der Waals surface area (Å²) < 4.78 is 0. The molecule has 0 aliphatic rings. The third kappa shape index (κ3) is 3.66. The van der Waals surface area contributed by atoms with Crippen LogP contribution in [0.25, 0.3) is 0 Å². The molecule has 98 valence electrons. The van der Waals surface area contributed by atoms with Crippen molar-refractivity contribution < 1.29 is 4.79 Å². The summed E-state index contributed by atoms with van der Waals surface area (Å²) in [7, 11) is 0. The number of benzene rings is 2. The quantitative estimate of drug-likeness (QED) is 0.811. The number of halogens is 2. The number of thioether (sulfide) groups is 1. The first-order valence-electron chi connectivity index (χ1n) is 5.50. The minimum atomic E-state index is -0.274. The first kappa shape index (κ1) is 14.3. The second-order valence-corrected chi connectivity index (χ2v) is 5.53. The molecule has 0 heterocycles. The van der Waals surface area contributed by atoms with Crippen molar-refractivity contribution in [2.75, 3.05) is 11.6 Å². The van der Waals surface area contributed by atoms with E-state index in [0.717, 1.165) is 10.6 Å². The van der Waals surface area contributed by atoms with Crippen molar-refractivity contribution in [3.05, 3.63) is 58.1 Å². The predicted molar refractivity (Wildman–Crippen MR) is 82.6 cm³/mol. The molecule has 0 aromatic heterocycles. The fourth-order valence-corrected chi connectivity index (χ4v) is 2.33. The molecule has 2 rings (SSSR count). The lowest BCUT2D eigenvalue weighted by molar-refractivity contribution is 0.102. The van der Waals surface area contributed by atoms with Crippen molar-refractivity contribution in [1.82, 2.24) is 0 Å². The number of rotatable bonds is 3. The zero-order chi connectivity index (χ0) is 13.8. The summed E-state index contributed by atoms with van der Waals surface area (Å²) in [5.41, 5.74) is 1.09. The molecule has 0 radical (unpaired) electrons. The van der Waals surface area contributed by atoms with E-state index < -0.39 is 0 Å². The summed E-state index contributed by atoms with van der Waals surface area (Å²) in [5, 5.41) is 3.64. The molecule has 0 atom stereocenters. The van der Waals surface area contributed by atoms with Crippen molar-refractivity contribution in [1.29, 1.82) is 0 Å². The van der Waals surface area contributed by atoms with E-state index in [1.807, 2.05) is 30.5 Å². The van der Waals surface area contributed by atoms with E-state index in [1.165, 1.54) is 0 Å². The van der Waals surface area contributed by atoms with Crippen LogP contribution in [0.3, 0.4) is 0 Å². The van der Waals surface area contributed by atoms with Gasteiger partial charge < -0.3 is 5.32 Å². The topological polar surface area (TPSA) is 29.1 Å². The molecule has 5 heteroatoms. The fourth-order valence-electron chi connectivity index (χ4n) is 1.54. The molecule has 2 aromatic carbocycles.